The minimum Gasteiger partial charge on any atom is -0.256 e. The predicted molar refractivity (Wildman–Crippen MR) is 76.8 cm³/mol. The molecule has 2 heteroatoms. The molecule has 1 aromatic heterocycles. The predicted octanol–water partition coefficient (Wildman–Crippen LogP) is 5.21. The summed E-state index contributed by atoms with van der Waals surface area (Å²) < 4.78 is 0. The Labute approximate surface area is 109 Å². The van der Waals surface area contributed by atoms with Crippen LogP contribution in [0.5, 0.6) is 0 Å². The van der Waals surface area contributed by atoms with Crippen LogP contribution in [0.4, 0.5) is 0 Å². The van der Waals surface area contributed by atoms with E-state index in [4.69, 9.17) is 11.6 Å². The van der Waals surface area contributed by atoms with Gasteiger partial charge >= 0.3 is 0 Å². The highest BCUT2D eigenvalue weighted by Crippen LogP contribution is 2.29. The maximum absolute atomic E-state index is 5.95. The first-order valence-electron chi connectivity index (χ1n) is 6.03. The third-order valence-corrected chi connectivity index (χ3v) is 2.75. The zero-order valence-electron chi connectivity index (χ0n) is 11.2. The highest BCUT2D eigenvalue weighted by Gasteiger charge is 2.16. The molecule has 0 spiro atoms. The van der Waals surface area contributed by atoms with Crippen molar-refractivity contribution in [3.63, 3.8) is 0 Å². The van der Waals surface area contributed by atoms with E-state index in [9.17, 15) is 0 Å². The van der Waals surface area contributed by atoms with Crippen molar-refractivity contribution in [3.05, 3.63) is 41.0 Å². The molecule has 0 aliphatic rings. The Morgan fingerprint density at radius 2 is 1.71 bits per heavy atom. The lowest BCUT2D eigenvalue weighted by atomic mass is 9.85. The van der Waals surface area contributed by atoms with Gasteiger partial charge in [-0.1, -0.05) is 52.3 Å². The van der Waals surface area contributed by atoms with Crippen molar-refractivity contribution in [1.82, 2.24) is 4.98 Å². The number of aromatic nitrogens is 1. The van der Waals surface area contributed by atoms with Crippen LogP contribution in [0.3, 0.4) is 0 Å². The zero-order valence-corrected chi connectivity index (χ0v) is 12.0. The van der Waals surface area contributed by atoms with Gasteiger partial charge in [-0.05, 0) is 29.2 Å². The van der Waals surface area contributed by atoms with Gasteiger partial charge in [0.05, 0.1) is 5.52 Å². The molecule has 0 bridgehead atoms. The molecule has 0 saturated heterocycles. The normalized spacial score (nSPS) is 10.9. The van der Waals surface area contributed by atoms with E-state index in [1.54, 1.807) is 0 Å². The molecule has 0 fully saturated rings. The topological polar surface area (TPSA) is 12.9 Å². The summed E-state index contributed by atoms with van der Waals surface area (Å²) >= 11 is 5.95. The third kappa shape index (κ3) is 3.19. The van der Waals surface area contributed by atoms with Crippen molar-refractivity contribution in [2.75, 3.05) is 0 Å². The first-order chi connectivity index (χ1) is 7.98. The molecule has 0 amide bonds. The Hall–Kier alpha value is -1.08. The SMILES string of the molecule is CC.CC(C)(C)c1ccnc2cc(Cl)ccc12. The van der Waals surface area contributed by atoms with E-state index in [0.717, 1.165) is 10.5 Å². The minimum absolute atomic E-state index is 0.134. The van der Waals surface area contributed by atoms with Crippen LogP contribution in [0.25, 0.3) is 10.9 Å². The molecule has 0 unspecified atom stereocenters. The van der Waals surface area contributed by atoms with Gasteiger partial charge in [0.1, 0.15) is 0 Å². The van der Waals surface area contributed by atoms with Gasteiger partial charge in [0.2, 0.25) is 0 Å². The van der Waals surface area contributed by atoms with Gasteiger partial charge in [-0.3, -0.25) is 4.98 Å². The summed E-state index contributed by atoms with van der Waals surface area (Å²) in [5.74, 6) is 0. The number of hydrogen-bond acceptors (Lipinski definition) is 1. The lowest BCUT2D eigenvalue weighted by Gasteiger charge is -2.20. The summed E-state index contributed by atoms with van der Waals surface area (Å²) in [7, 11) is 0. The van der Waals surface area contributed by atoms with E-state index in [2.05, 4.69) is 31.8 Å². The number of hydrogen-bond donors (Lipinski definition) is 0. The number of fused-ring (bicyclic) bond motifs is 1. The van der Waals surface area contributed by atoms with Crippen molar-refractivity contribution in [2.24, 2.45) is 0 Å². The molecule has 2 rings (SSSR count). The molecule has 0 saturated carbocycles. The van der Waals surface area contributed by atoms with E-state index in [1.807, 2.05) is 38.2 Å². The molecule has 1 nitrogen and oxygen atoms in total. The van der Waals surface area contributed by atoms with Gasteiger partial charge in [0.25, 0.3) is 0 Å². The molecule has 17 heavy (non-hydrogen) atoms. The molecule has 0 N–H and O–H groups in total. The largest absolute Gasteiger partial charge is 0.256 e. The molecule has 1 aromatic carbocycles. The number of pyridine rings is 1. The highest BCUT2D eigenvalue weighted by molar-refractivity contribution is 6.31. The summed E-state index contributed by atoms with van der Waals surface area (Å²) in [6.45, 7) is 10.6. The van der Waals surface area contributed by atoms with Crippen LogP contribution >= 0.6 is 11.6 Å². The fourth-order valence-corrected chi connectivity index (χ4v) is 1.94. The third-order valence-electron chi connectivity index (χ3n) is 2.51. The molecule has 2 aromatic rings. The first kappa shape index (κ1) is 14.0. The average Bonchev–Trinajstić information content (AvgIpc) is 2.29. The van der Waals surface area contributed by atoms with E-state index < -0.39 is 0 Å². The average molecular weight is 250 g/mol. The standard InChI is InChI=1S/C13H14ClN.C2H6/c1-13(2,3)11-6-7-15-12-8-9(14)4-5-10(11)12;1-2/h4-8H,1-3H3;1-2H3. The lowest BCUT2D eigenvalue weighted by Crippen LogP contribution is -2.11. The Morgan fingerprint density at radius 3 is 2.29 bits per heavy atom. The number of nitrogens with zero attached hydrogens (tertiary/aromatic N) is 1. The first-order valence-corrected chi connectivity index (χ1v) is 6.41. The molecule has 0 radical (unpaired) electrons. The van der Waals surface area contributed by atoms with E-state index >= 15 is 0 Å². The van der Waals surface area contributed by atoms with Crippen LogP contribution < -0.4 is 0 Å². The second-order valence-corrected chi connectivity index (χ2v) is 5.21. The Kier molecular flexibility index (Phi) is 4.53. The summed E-state index contributed by atoms with van der Waals surface area (Å²) in [5, 5.41) is 1.93. The summed E-state index contributed by atoms with van der Waals surface area (Å²) in [6.07, 6.45) is 1.85. The van der Waals surface area contributed by atoms with E-state index in [-0.39, 0.29) is 5.41 Å². The summed E-state index contributed by atoms with van der Waals surface area (Å²) in [4.78, 5) is 4.33. The highest BCUT2D eigenvalue weighted by atomic mass is 35.5. The molecular weight excluding hydrogens is 230 g/mol. The van der Waals surface area contributed by atoms with Crippen LogP contribution in [0, 0.1) is 0 Å². The smallest absolute Gasteiger partial charge is 0.0719 e. The molecule has 0 atom stereocenters. The maximum atomic E-state index is 5.95. The lowest BCUT2D eigenvalue weighted by molar-refractivity contribution is 0.595. The Balaban J connectivity index is 0.000000686. The Morgan fingerprint density at radius 1 is 1.06 bits per heavy atom. The maximum Gasteiger partial charge on any atom is 0.0719 e. The van der Waals surface area contributed by atoms with Gasteiger partial charge in [-0.2, -0.15) is 0 Å². The van der Waals surface area contributed by atoms with E-state index in [0.29, 0.717) is 0 Å². The van der Waals surface area contributed by atoms with Crippen LogP contribution in [0.2, 0.25) is 5.02 Å². The fraction of sp³-hybridized carbons (Fsp3) is 0.400. The minimum atomic E-state index is 0.134. The second-order valence-electron chi connectivity index (χ2n) is 4.77. The van der Waals surface area contributed by atoms with Crippen molar-refractivity contribution in [1.29, 1.82) is 0 Å². The van der Waals surface area contributed by atoms with Crippen molar-refractivity contribution in [3.8, 4) is 0 Å². The number of benzene rings is 1. The summed E-state index contributed by atoms with van der Waals surface area (Å²) in [5.41, 5.74) is 2.41. The van der Waals surface area contributed by atoms with Gasteiger partial charge < -0.3 is 0 Å². The van der Waals surface area contributed by atoms with Crippen LogP contribution in [-0.2, 0) is 5.41 Å². The quantitative estimate of drug-likeness (QED) is 0.624. The summed E-state index contributed by atoms with van der Waals surface area (Å²) in [6, 6.07) is 7.95. The van der Waals surface area contributed by atoms with Crippen molar-refractivity contribution < 1.29 is 0 Å². The van der Waals surface area contributed by atoms with Crippen LogP contribution in [-0.4, -0.2) is 4.98 Å². The second kappa shape index (κ2) is 5.50. The number of halogens is 1. The molecule has 0 aliphatic carbocycles. The van der Waals surface area contributed by atoms with Gasteiger partial charge in [-0.15, -0.1) is 0 Å². The monoisotopic (exact) mass is 249 g/mol. The molecule has 92 valence electrons. The Bertz CT molecular complexity index is 498. The van der Waals surface area contributed by atoms with Gasteiger partial charge in [-0.25, -0.2) is 0 Å². The number of rotatable bonds is 0. The molecule has 0 aliphatic heterocycles. The van der Waals surface area contributed by atoms with E-state index in [1.165, 1.54) is 10.9 Å². The molecular formula is C15H20ClN. The van der Waals surface area contributed by atoms with Crippen molar-refractivity contribution >= 4 is 22.5 Å². The van der Waals surface area contributed by atoms with Crippen LogP contribution in [0.15, 0.2) is 30.5 Å². The van der Waals surface area contributed by atoms with Gasteiger partial charge in [0, 0.05) is 16.6 Å². The van der Waals surface area contributed by atoms with Crippen LogP contribution in [0.1, 0.15) is 40.2 Å². The fourth-order valence-electron chi connectivity index (χ4n) is 1.78. The zero-order chi connectivity index (χ0) is 13.1. The van der Waals surface area contributed by atoms with Gasteiger partial charge in [0.15, 0.2) is 0 Å². The molecule has 1 heterocycles. The van der Waals surface area contributed by atoms with Crippen molar-refractivity contribution in [2.45, 2.75) is 40.0 Å².